The van der Waals surface area contributed by atoms with Gasteiger partial charge in [-0.3, -0.25) is 28.0 Å². The third-order valence-corrected chi connectivity index (χ3v) is 13.5. The second-order valence-electron chi connectivity index (χ2n) is 17.9. The van der Waals surface area contributed by atoms with Crippen LogP contribution in [0.25, 0.3) is 0 Å². The van der Waals surface area contributed by atoms with E-state index in [1.165, 1.54) is 6.08 Å². The highest BCUT2D eigenvalue weighted by atomic mass is 31.2. The second-order valence-corrected chi connectivity index (χ2v) is 20.5. The first-order valence-corrected chi connectivity index (χ1v) is 28.0. The smallest absolute Gasteiger partial charge is 0.462 e. The summed E-state index contributed by atoms with van der Waals surface area (Å²) in [6, 6.07) is 0. The molecule has 19 nitrogen and oxygen atoms in total. The Balaban J connectivity index is 2.31. The minimum absolute atomic E-state index is 0.0593. The summed E-state index contributed by atoms with van der Waals surface area (Å²) in [4.78, 5) is 70.6. The van der Waals surface area contributed by atoms with Gasteiger partial charge in [-0.25, -0.2) is 9.13 Å². The molecular weight excluding hydrogens is 954 g/mol. The van der Waals surface area contributed by atoms with E-state index in [1.54, 1.807) is 0 Å². The quantitative estimate of drug-likeness (QED) is 0.0230. The number of aliphatic hydroxyl groups excluding tert-OH is 6. The monoisotopic (exact) mass is 1040 g/mol. The van der Waals surface area contributed by atoms with Crippen LogP contribution in [-0.2, 0) is 46.6 Å². The van der Waals surface area contributed by atoms with Crippen molar-refractivity contribution < 1.29 is 91.9 Å². The highest BCUT2D eigenvalue weighted by molar-refractivity contribution is 7.47. The van der Waals surface area contributed by atoms with E-state index in [2.05, 4.69) is 55.5 Å². The molecule has 1 aliphatic heterocycles. The predicted octanol–water partition coefficient (Wildman–Crippen LogP) is 6.43. The van der Waals surface area contributed by atoms with Gasteiger partial charge >= 0.3 is 27.6 Å². The van der Waals surface area contributed by atoms with Gasteiger partial charge in [0.2, 0.25) is 0 Å². The summed E-state index contributed by atoms with van der Waals surface area (Å²) < 4.78 is 52.2. The largest absolute Gasteiger partial charge is 0.472 e. The lowest BCUT2D eigenvalue weighted by Crippen LogP contribution is -2.56. The lowest BCUT2D eigenvalue weighted by Gasteiger charge is -2.38. The third kappa shape index (κ3) is 26.8. The molecule has 21 heteroatoms. The van der Waals surface area contributed by atoms with Gasteiger partial charge in [-0.1, -0.05) is 126 Å². The van der Waals surface area contributed by atoms with Crippen LogP contribution < -0.4 is 0 Å². The molecule has 0 radical (unpaired) electrons. The fourth-order valence-corrected chi connectivity index (χ4v) is 9.57. The number of hydrogen-bond donors (Lipinski definition) is 9. The van der Waals surface area contributed by atoms with E-state index in [-0.39, 0.29) is 32.1 Å². The average Bonchev–Trinajstić information content (AvgIpc) is 3.30. The number of hydrogen-bond acceptors (Lipinski definition) is 16. The van der Waals surface area contributed by atoms with Crippen molar-refractivity contribution in [3.63, 3.8) is 0 Å². The van der Waals surface area contributed by atoms with Crippen LogP contribution >= 0.6 is 15.6 Å². The first-order chi connectivity index (χ1) is 33.3. The summed E-state index contributed by atoms with van der Waals surface area (Å²) in [6.45, 7) is 2.43. The topological polar surface area (TPSA) is 314 Å². The summed E-state index contributed by atoms with van der Waals surface area (Å²) in [6.07, 6.45) is 9.74. The normalized spacial score (nSPS) is 30.5. The molecule has 2 bridgehead atoms. The van der Waals surface area contributed by atoms with E-state index in [4.69, 9.17) is 23.0 Å². The molecule has 0 aromatic heterocycles. The van der Waals surface area contributed by atoms with Crippen LogP contribution in [0.2, 0.25) is 0 Å². The van der Waals surface area contributed by atoms with Crippen LogP contribution in [0, 0.1) is 11.8 Å². The zero-order valence-corrected chi connectivity index (χ0v) is 42.7. The Bertz CT molecular complexity index is 1750. The molecule has 1 heterocycles. The highest BCUT2D eigenvalue weighted by Crippen LogP contribution is 2.49. The molecule has 2 aliphatic rings. The lowest BCUT2D eigenvalue weighted by atomic mass is 9.83. The molecule has 402 valence electrons. The van der Waals surface area contributed by atoms with Gasteiger partial charge in [-0.05, 0) is 64.2 Å². The Kier molecular flexibility index (Phi) is 32.1. The maximum atomic E-state index is 13.8. The summed E-state index contributed by atoms with van der Waals surface area (Å²) in [5, 5.41) is 68.3. The van der Waals surface area contributed by atoms with Crippen molar-refractivity contribution >= 4 is 33.4 Å². The SMILES string of the molecule is CC/C=C\C/C=C\C/C=C\C/C=C\CCCCCCC(=O)O[C@@H]1COC(=O)CCCCCC[C@H]2C(=O)C[C@@H](O)[C@H](/C=C/[C@@H](O)CCCCC)[C@@H](O)[C@@H](OP(=O)(O)O)[C@@H](OP(=O)(O)OC1)[C@H](O)[C@@H](O)[C@@H]2O. The van der Waals surface area contributed by atoms with Crippen LogP contribution in [-0.4, -0.2) is 131 Å². The van der Waals surface area contributed by atoms with E-state index >= 15 is 0 Å². The number of rotatable bonds is 23. The van der Waals surface area contributed by atoms with Gasteiger partial charge in [0.15, 0.2) is 6.10 Å². The minimum Gasteiger partial charge on any atom is -0.462 e. The standard InChI is InChI=1S/C49H82O19P2/c1-3-5-7-8-9-10-11-12-13-14-15-16-17-18-19-20-26-30-43(54)66-37-34-64-42(53)29-25-22-21-24-28-38-40(51)33-41(52)39(32-31-36(50)27-23-6-4-2)45(56)48(67-69(59,60)61)49(47(58)46(57)44(38)55)68-70(62,63)65-35-37/h5,7,9-10,12-13,15-16,31-32,36-39,41,44-50,52,55-58H,3-4,6,8,11,14,17-30,33-35H2,1-2H3,(H,62,63)(H2,59,60,61)/b7-5-,10-9-,13-12-,16-15-,32-31+/t36-,37+,38-,39-,41+,44+,45+,46-,47+,48+,49-/m0/s1. The van der Waals surface area contributed by atoms with Crippen molar-refractivity contribution in [1.29, 1.82) is 0 Å². The van der Waals surface area contributed by atoms with Crippen LogP contribution in [0.5, 0.6) is 0 Å². The Labute approximate surface area is 413 Å². The first-order valence-electron chi connectivity index (χ1n) is 24.9. The molecule has 70 heavy (non-hydrogen) atoms. The maximum absolute atomic E-state index is 13.8. The third-order valence-electron chi connectivity index (χ3n) is 12.0. The number of phosphoric ester groups is 2. The molecule has 0 aromatic rings. The van der Waals surface area contributed by atoms with Crippen LogP contribution in [0.4, 0.5) is 0 Å². The number of allylic oxidation sites excluding steroid dienone is 8. The van der Waals surface area contributed by atoms with Crippen molar-refractivity contribution in [3.05, 3.63) is 60.8 Å². The zero-order chi connectivity index (χ0) is 52.0. The number of unbranched alkanes of at least 4 members (excludes halogenated alkanes) is 6. The molecule has 1 aliphatic carbocycles. The fourth-order valence-electron chi connectivity index (χ4n) is 8.04. The average molecular weight is 1040 g/mol. The van der Waals surface area contributed by atoms with Crippen molar-refractivity contribution in [2.75, 3.05) is 13.2 Å². The number of cyclic esters (lactones) is 1. The molecule has 1 saturated carbocycles. The summed E-state index contributed by atoms with van der Waals surface area (Å²) >= 11 is 0. The van der Waals surface area contributed by atoms with Crippen LogP contribution in [0.1, 0.15) is 149 Å². The highest BCUT2D eigenvalue weighted by Gasteiger charge is 2.51. The van der Waals surface area contributed by atoms with Crippen molar-refractivity contribution in [2.45, 2.75) is 204 Å². The van der Waals surface area contributed by atoms with Gasteiger partial charge in [0.25, 0.3) is 0 Å². The molecule has 1 saturated heterocycles. The Hall–Kier alpha value is -2.71. The second kappa shape index (κ2) is 35.4. The predicted molar refractivity (Wildman–Crippen MR) is 260 cm³/mol. The molecule has 0 spiro atoms. The Morgan fingerprint density at radius 3 is 2.10 bits per heavy atom. The number of ketones is 1. The molecule has 9 N–H and O–H groups in total. The number of fused-ring (bicyclic) bond motifs is 4. The van der Waals surface area contributed by atoms with E-state index in [0.29, 0.717) is 38.5 Å². The summed E-state index contributed by atoms with van der Waals surface area (Å²) in [7, 11) is -11.5. The van der Waals surface area contributed by atoms with Crippen LogP contribution in [0.15, 0.2) is 60.8 Å². The van der Waals surface area contributed by atoms with E-state index in [1.807, 2.05) is 6.92 Å². The number of Topliss-reactive ketones (excluding diaryl/α,β-unsaturated/α-hetero) is 1. The van der Waals surface area contributed by atoms with Gasteiger partial charge in [0.1, 0.15) is 36.8 Å². The summed E-state index contributed by atoms with van der Waals surface area (Å²) in [5.74, 6) is -5.53. The number of carbonyl (C=O) groups is 3. The van der Waals surface area contributed by atoms with E-state index < -0.39 is 120 Å². The van der Waals surface area contributed by atoms with E-state index in [9.17, 15) is 68.8 Å². The fraction of sp³-hybridized carbons (Fsp3) is 0.735. The number of ether oxygens (including phenoxy) is 2. The van der Waals surface area contributed by atoms with Gasteiger partial charge in [-0.2, -0.15) is 0 Å². The number of esters is 2. The number of aliphatic hydroxyl groups is 6. The van der Waals surface area contributed by atoms with Crippen LogP contribution in [0.3, 0.4) is 0 Å². The molecule has 1 unspecified atom stereocenters. The van der Waals surface area contributed by atoms with Gasteiger partial charge in [-0.15, -0.1) is 0 Å². The van der Waals surface area contributed by atoms with Gasteiger partial charge in [0.05, 0.1) is 31.0 Å². The molecule has 0 amide bonds. The Morgan fingerprint density at radius 1 is 0.800 bits per heavy atom. The molecule has 12 atom stereocenters. The molecule has 2 fully saturated rings. The van der Waals surface area contributed by atoms with Crippen molar-refractivity contribution in [1.82, 2.24) is 0 Å². The Morgan fingerprint density at radius 2 is 1.44 bits per heavy atom. The number of carbonyl (C=O) groups excluding carboxylic acids is 3. The lowest BCUT2D eigenvalue weighted by molar-refractivity contribution is -0.165. The van der Waals surface area contributed by atoms with E-state index in [0.717, 1.165) is 63.9 Å². The molecule has 2 rings (SSSR count). The first kappa shape index (κ1) is 63.4. The van der Waals surface area contributed by atoms with Crippen molar-refractivity contribution in [2.24, 2.45) is 11.8 Å². The summed E-state index contributed by atoms with van der Waals surface area (Å²) in [5.41, 5.74) is 0. The molecular formula is C49H82O19P2. The maximum Gasteiger partial charge on any atom is 0.472 e. The molecule has 0 aromatic carbocycles. The van der Waals surface area contributed by atoms with Crippen molar-refractivity contribution in [3.8, 4) is 0 Å². The van der Waals surface area contributed by atoms with Gasteiger partial charge < -0.3 is 54.8 Å². The minimum atomic E-state index is -5.78. The van der Waals surface area contributed by atoms with Gasteiger partial charge in [0, 0.05) is 31.1 Å². The zero-order valence-electron chi connectivity index (χ0n) is 40.9. The number of phosphoric acid groups is 2.